The first-order chi connectivity index (χ1) is 32.1. The van der Waals surface area contributed by atoms with Crippen LogP contribution in [0.1, 0.15) is 132 Å². The molecule has 0 radical (unpaired) electrons. The SMILES string of the molecule is C=C1C(C)CC(CC[C@@H]2OC(CC[C@@]34C[C@H]5OC6C(O3)C(O[Si](CC)(CC)CC)[C@H](CCCO)O[C@H]6C5O4)CC2=C)OC1C[C@@H]1O[C@H](CC(C)O[Si](CC)(CC)CC)[C@H](OC)C1CC(=O)OC. The standard InChI is InChI=1S/C52H90O13Si2/c1-13-66(14-2,15-3)64-34(9)28-43-46(56-12)38(29-45(54)55-11)42(59-43)30-41-35(10)32(7)26-36(58-41)21-22-39-33(8)27-37(57-39)23-24-52-31-44-47(62-52)49-50(61-44)51(63-52)48(40(60-49)20-19-25-53)65-67(16-4,17-5)18-6/h32,34,36-44,46-51,53H,8,10,13-31H2,1-7,9,11-12H3/t32?,34?,36?,37?,38?,39-,40-,41?,42-,43+,44+,46+,47?,48?,49-,50?,51?,52-/m0/s1. The van der Waals surface area contributed by atoms with Crippen LogP contribution in [0.2, 0.25) is 36.3 Å². The van der Waals surface area contributed by atoms with Gasteiger partial charge in [-0.25, -0.2) is 0 Å². The van der Waals surface area contributed by atoms with E-state index < -0.39 is 22.4 Å². The van der Waals surface area contributed by atoms with Gasteiger partial charge < -0.3 is 56.6 Å². The van der Waals surface area contributed by atoms with Gasteiger partial charge in [0.15, 0.2) is 22.4 Å². The molecule has 15 heteroatoms. The number of esters is 1. The van der Waals surface area contributed by atoms with Gasteiger partial charge in [0.05, 0.1) is 68.5 Å². The summed E-state index contributed by atoms with van der Waals surface area (Å²) in [7, 11) is -0.692. The molecule has 8 rings (SSSR count). The third-order valence-corrected chi connectivity index (χ3v) is 27.1. The number of carbonyl (C=O) groups excluding carboxylic acids is 1. The Bertz CT molecular complexity index is 1630. The van der Waals surface area contributed by atoms with E-state index >= 15 is 0 Å². The van der Waals surface area contributed by atoms with Crippen molar-refractivity contribution >= 4 is 22.6 Å². The van der Waals surface area contributed by atoms with Crippen LogP contribution >= 0.6 is 0 Å². The normalized spacial score (nSPS) is 39.9. The summed E-state index contributed by atoms with van der Waals surface area (Å²) in [5.74, 6) is -0.959. The highest BCUT2D eigenvalue weighted by atomic mass is 28.4. The Morgan fingerprint density at radius 3 is 2.10 bits per heavy atom. The van der Waals surface area contributed by atoms with Crippen LogP contribution < -0.4 is 0 Å². The molecule has 8 aliphatic heterocycles. The zero-order chi connectivity index (χ0) is 48.3. The smallest absolute Gasteiger partial charge is 0.305 e. The van der Waals surface area contributed by atoms with Crippen molar-refractivity contribution in [3.63, 3.8) is 0 Å². The van der Waals surface area contributed by atoms with Crippen molar-refractivity contribution in [1.82, 2.24) is 0 Å². The van der Waals surface area contributed by atoms with Crippen LogP contribution in [0.15, 0.2) is 24.3 Å². The molecule has 13 nitrogen and oxygen atoms in total. The number of carbonyl (C=O) groups is 1. The number of rotatable bonds is 26. The van der Waals surface area contributed by atoms with Crippen LogP contribution in [0.25, 0.3) is 0 Å². The monoisotopic (exact) mass is 979 g/mol. The van der Waals surface area contributed by atoms with E-state index in [-0.39, 0.29) is 122 Å². The first-order valence-corrected chi connectivity index (χ1v) is 31.8. The zero-order valence-electron chi connectivity index (χ0n) is 43.0. The second-order valence-electron chi connectivity index (χ2n) is 21.4. The molecule has 18 atom stereocenters. The van der Waals surface area contributed by atoms with Gasteiger partial charge in [0.2, 0.25) is 0 Å². The van der Waals surface area contributed by atoms with Crippen molar-refractivity contribution in [2.45, 2.75) is 266 Å². The summed E-state index contributed by atoms with van der Waals surface area (Å²) in [6.07, 6.45) is 6.05. The maximum atomic E-state index is 12.8. The van der Waals surface area contributed by atoms with E-state index in [4.69, 9.17) is 51.5 Å². The van der Waals surface area contributed by atoms with Gasteiger partial charge in [0.1, 0.15) is 30.5 Å². The minimum Gasteiger partial charge on any atom is -0.469 e. The van der Waals surface area contributed by atoms with Crippen LogP contribution in [0.4, 0.5) is 0 Å². The highest BCUT2D eigenvalue weighted by Crippen LogP contribution is 2.54. The van der Waals surface area contributed by atoms with Crippen molar-refractivity contribution in [1.29, 1.82) is 0 Å². The Morgan fingerprint density at radius 2 is 1.45 bits per heavy atom. The second kappa shape index (κ2) is 23.2. The van der Waals surface area contributed by atoms with Crippen molar-refractivity contribution in [2.75, 3.05) is 20.8 Å². The Kier molecular flexibility index (Phi) is 18.6. The predicted octanol–water partition coefficient (Wildman–Crippen LogP) is 9.34. The van der Waals surface area contributed by atoms with Gasteiger partial charge >= 0.3 is 5.97 Å². The molecule has 0 saturated carbocycles. The molecule has 67 heavy (non-hydrogen) atoms. The van der Waals surface area contributed by atoms with Crippen LogP contribution in [0.3, 0.4) is 0 Å². The minimum absolute atomic E-state index is 0.0158. The molecule has 8 fully saturated rings. The number of hydrogen-bond acceptors (Lipinski definition) is 13. The fourth-order valence-corrected chi connectivity index (χ4v) is 19.0. The van der Waals surface area contributed by atoms with E-state index in [0.717, 1.165) is 79.5 Å². The number of aliphatic hydroxyl groups is 1. The fourth-order valence-electron chi connectivity index (χ4n) is 13.2. The van der Waals surface area contributed by atoms with Crippen molar-refractivity contribution in [3.8, 4) is 0 Å². The molecule has 1 N–H and O–H groups in total. The summed E-state index contributed by atoms with van der Waals surface area (Å²) in [6, 6.07) is 6.35. The molecule has 0 aromatic carbocycles. The summed E-state index contributed by atoms with van der Waals surface area (Å²) in [5, 5.41) is 9.81. The van der Waals surface area contributed by atoms with E-state index in [2.05, 4.69) is 68.5 Å². The molecule has 0 spiro atoms. The van der Waals surface area contributed by atoms with Gasteiger partial charge in [-0.1, -0.05) is 61.6 Å². The quantitative estimate of drug-likeness (QED) is 0.0501. The fraction of sp³-hybridized carbons (Fsp3) is 0.904. The van der Waals surface area contributed by atoms with Gasteiger partial charge in [-0.2, -0.15) is 0 Å². The number of hydrogen-bond donors (Lipinski definition) is 1. The minimum atomic E-state index is -2.04. The Morgan fingerprint density at radius 1 is 0.776 bits per heavy atom. The van der Waals surface area contributed by atoms with E-state index in [1.807, 2.05) is 0 Å². The van der Waals surface area contributed by atoms with Gasteiger partial charge in [0.25, 0.3) is 0 Å². The average Bonchev–Trinajstić information content (AvgIpc) is 4.01. The molecule has 384 valence electrons. The largest absolute Gasteiger partial charge is 0.469 e. The summed E-state index contributed by atoms with van der Waals surface area (Å²) in [6.45, 7) is 27.1. The Labute approximate surface area is 405 Å². The lowest BCUT2D eigenvalue weighted by atomic mass is 9.82. The van der Waals surface area contributed by atoms with E-state index in [1.54, 1.807) is 7.11 Å². The van der Waals surface area contributed by atoms with Gasteiger partial charge in [-0.3, -0.25) is 4.79 Å². The second-order valence-corrected chi connectivity index (χ2v) is 30.9. The van der Waals surface area contributed by atoms with Crippen LogP contribution in [0.5, 0.6) is 0 Å². The molecule has 10 unspecified atom stereocenters. The Balaban J connectivity index is 0.954. The summed E-state index contributed by atoms with van der Waals surface area (Å²) >= 11 is 0. The number of aliphatic hydroxyl groups excluding tert-OH is 1. The predicted molar refractivity (Wildman–Crippen MR) is 262 cm³/mol. The molecule has 8 heterocycles. The lowest BCUT2D eigenvalue weighted by Crippen LogP contribution is -2.62. The maximum absolute atomic E-state index is 12.8. The summed E-state index contributed by atoms with van der Waals surface area (Å²) < 4.78 is 73.6. The van der Waals surface area contributed by atoms with Crippen molar-refractivity contribution in [3.05, 3.63) is 24.3 Å². The van der Waals surface area contributed by atoms with Gasteiger partial charge in [0, 0.05) is 51.4 Å². The highest BCUT2D eigenvalue weighted by molar-refractivity contribution is 6.74. The summed E-state index contributed by atoms with van der Waals surface area (Å²) in [4.78, 5) is 12.8. The van der Waals surface area contributed by atoms with Crippen molar-refractivity contribution in [2.24, 2.45) is 11.8 Å². The zero-order valence-corrected chi connectivity index (χ0v) is 45.0. The molecule has 6 bridgehead atoms. The average molecular weight is 979 g/mol. The lowest BCUT2D eigenvalue weighted by molar-refractivity contribution is -0.271. The third-order valence-electron chi connectivity index (χ3n) is 17.7. The molecular formula is C52H90O13Si2. The van der Waals surface area contributed by atoms with E-state index in [1.165, 1.54) is 7.11 Å². The van der Waals surface area contributed by atoms with Gasteiger partial charge in [-0.05, 0) is 105 Å². The Hall–Kier alpha value is -1.06. The number of ether oxygens (including phenoxy) is 9. The topological polar surface area (TPSA) is 139 Å². The van der Waals surface area contributed by atoms with E-state index in [0.29, 0.717) is 38.5 Å². The summed E-state index contributed by atoms with van der Waals surface area (Å²) in [5.41, 5.74) is 2.21. The van der Waals surface area contributed by atoms with Crippen molar-refractivity contribution < 1.29 is 61.4 Å². The van der Waals surface area contributed by atoms with Crippen LogP contribution in [-0.4, -0.2) is 146 Å². The van der Waals surface area contributed by atoms with E-state index in [9.17, 15) is 9.90 Å². The van der Waals surface area contributed by atoms with Crippen LogP contribution in [-0.2, 0) is 56.3 Å². The number of methoxy groups -OCH3 is 2. The third kappa shape index (κ3) is 11.6. The molecule has 0 aliphatic carbocycles. The highest BCUT2D eigenvalue weighted by Gasteiger charge is 2.68. The molecular weight excluding hydrogens is 889 g/mol. The lowest BCUT2D eigenvalue weighted by Gasteiger charge is -2.47. The maximum Gasteiger partial charge on any atom is 0.305 e. The first kappa shape index (κ1) is 53.7. The molecule has 0 amide bonds. The first-order valence-electron chi connectivity index (χ1n) is 26.7. The molecule has 0 aromatic rings. The molecule has 8 aliphatic rings. The molecule has 0 aromatic heterocycles. The molecule has 8 saturated heterocycles. The van der Waals surface area contributed by atoms with Crippen LogP contribution in [0, 0.1) is 11.8 Å². The van der Waals surface area contributed by atoms with Gasteiger partial charge in [-0.15, -0.1) is 0 Å².